The minimum absolute atomic E-state index is 0.0116. The SMILES string of the molecule is CCC(=O)c1c(-c2ccc(C)cc2)oc2cc(N(CC)CC)c(-c3cccc(C(=O)NC4CCC(O)C4)c3)cc12. The van der Waals surface area contributed by atoms with Crippen molar-refractivity contribution in [1.82, 2.24) is 5.32 Å². The third-order valence-electron chi connectivity index (χ3n) is 8.00. The van der Waals surface area contributed by atoms with Crippen molar-refractivity contribution >= 4 is 28.3 Å². The van der Waals surface area contributed by atoms with Gasteiger partial charge in [-0.2, -0.15) is 0 Å². The Balaban J connectivity index is 1.65. The Morgan fingerprint density at radius 2 is 1.73 bits per heavy atom. The van der Waals surface area contributed by atoms with Crippen molar-refractivity contribution in [2.75, 3.05) is 18.0 Å². The lowest BCUT2D eigenvalue weighted by molar-refractivity contribution is 0.0932. The second-order valence-electron chi connectivity index (χ2n) is 10.7. The Labute approximate surface area is 236 Å². The van der Waals surface area contributed by atoms with E-state index < -0.39 is 0 Å². The number of anilines is 1. The van der Waals surface area contributed by atoms with E-state index in [-0.39, 0.29) is 23.8 Å². The molecule has 1 heterocycles. The van der Waals surface area contributed by atoms with E-state index in [0.29, 0.717) is 41.7 Å². The summed E-state index contributed by atoms with van der Waals surface area (Å²) in [7, 11) is 0. The third kappa shape index (κ3) is 5.41. The summed E-state index contributed by atoms with van der Waals surface area (Å²) in [4.78, 5) is 28.7. The number of hydrogen-bond acceptors (Lipinski definition) is 5. The van der Waals surface area contributed by atoms with Gasteiger partial charge in [0.25, 0.3) is 5.91 Å². The lowest BCUT2D eigenvalue weighted by Gasteiger charge is -2.24. The molecule has 1 saturated carbocycles. The topological polar surface area (TPSA) is 82.8 Å². The standard InChI is InChI=1S/C34H38N2O4/c1-5-30(38)32-28-19-27(23-9-8-10-24(17-23)34(39)35-25-15-16-26(37)18-25)29(36(6-2)7-3)20-31(28)40-33(32)22-13-11-21(4)12-14-22/h8-14,17,19-20,25-26,37H,5-7,15-16,18H2,1-4H3,(H,35,39). The van der Waals surface area contributed by atoms with Crippen LogP contribution in [0.4, 0.5) is 5.69 Å². The molecular weight excluding hydrogens is 500 g/mol. The fourth-order valence-corrected chi connectivity index (χ4v) is 5.74. The molecule has 40 heavy (non-hydrogen) atoms. The summed E-state index contributed by atoms with van der Waals surface area (Å²) in [6, 6.07) is 19.8. The second-order valence-corrected chi connectivity index (χ2v) is 10.7. The average Bonchev–Trinajstić information content (AvgIpc) is 3.55. The molecule has 0 aliphatic heterocycles. The highest BCUT2D eigenvalue weighted by atomic mass is 16.3. The number of fused-ring (bicyclic) bond motifs is 1. The highest BCUT2D eigenvalue weighted by Gasteiger charge is 2.26. The number of aryl methyl sites for hydroxylation is 1. The molecule has 6 nitrogen and oxygen atoms in total. The maximum Gasteiger partial charge on any atom is 0.251 e. The van der Waals surface area contributed by atoms with Gasteiger partial charge in [0.15, 0.2) is 5.78 Å². The number of carbonyl (C=O) groups is 2. The number of aliphatic hydroxyl groups is 1. The number of ketones is 1. The van der Waals surface area contributed by atoms with Gasteiger partial charge < -0.3 is 19.7 Å². The molecule has 208 valence electrons. The summed E-state index contributed by atoms with van der Waals surface area (Å²) in [5, 5.41) is 13.7. The van der Waals surface area contributed by atoms with E-state index in [1.165, 1.54) is 0 Å². The van der Waals surface area contributed by atoms with Crippen LogP contribution in [0.5, 0.6) is 0 Å². The minimum Gasteiger partial charge on any atom is -0.455 e. The van der Waals surface area contributed by atoms with Crippen molar-refractivity contribution in [3.05, 3.63) is 77.4 Å². The largest absolute Gasteiger partial charge is 0.455 e. The summed E-state index contributed by atoms with van der Waals surface area (Å²) < 4.78 is 6.43. The Bertz CT molecular complexity index is 1530. The normalized spacial score (nSPS) is 16.8. The van der Waals surface area contributed by atoms with E-state index in [9.17, 15) is 14.7 Å². The Morgan fingerprint density at radius 3 is 2.38 bits per heavy atom. The first-order chi connectivity index (χ1) is 19.3. The van der Waals surface area contributed by atoms with Crippen molar-refractivity contribution in [1.29, 1.82) is 0 Å². The molecule has 6 heteroatoms. The van der Waals surface area contributed by atoms with Crippen LogP contribution in [0.1, 0.15) is 72.7 Å². The number of aliphatic hydroxyl groups excluding tert-OH is 1. The van der Waals surface area contributed by atoms with Crippen molar-refractivity contribution < 1.29 is 19.1 Å². The highest BCUT2D eigenvalue weighted by molar-refractivity contribution is 6.13. The first-order valence-electron chi connectivity index (χ1n) is 14.4. The van der Waals surface area contributed by atoms with Crippen LogP contribution in [-0.2, 0) is 0 Å². The lowest BCUT2D eigenvalue weighted by Crippen LogP contribution is -2.33. The zero-order chi connectivity index (χ0) is 28.4. The molecule has 1 aliphatic carbocycles. The molecule has 1 amide bonds. The van der Waals surface area contributed by atoms with Crippen LogP contribution in [0.3, 0.4) is 0 Å². The van der Waals surface area contributed by atoms with Gasteiger partial charge in [0.05, 0.1) is 11.7 Å². The van der Waals surface area contributed by atoms with E-state index in [1.807, 2.05) is 68.4 Å². The molecule has 3 aromatic carbocycles. The number of rotatable bonds is 9. The number of Topliss-reactive ketones (excluding diaryl/α,β-unsaturated/α-hetero) is 1. The molecule has 4 aromatic rings. The molecule has 2 N–H and O–H groups in total. The van der Waals surface area contributed by atoms with E-state index in [4.69, 9.17) is 4.42 Å². The van der Waals surface area contributed by atoms with Crippen LogP contribution >= 0.6 is 0 Å². The number of amides is 1. The summed E-state index contributed by atoms with van der Waals surface area (Å²) in [6.07, 6.45) is 2.11. The average molecular weight is 539 g/mol. The third-order valence-corrected chi connectivity index (χ3v) is 8.00. The molecule has 0 saturated heterocycles. The highest BCUT2D eigenvalue weighted by Crippen LogP contribution is 2.41. The Morgan fingerprint density at radius 1 is 0.975 bits per heavy atom. The summed E-state index contributed by atoms with van der Waals surface area (Å²) in [5.74, 6) is 0.484. The van der Waals surface area contributed by atoms with Crippen molar-refractivity contribution in [3.8, 4) is 22.5 Å². The second kappa shape index (κ2) is 11.7. The van der Waals surface area contributed by atoms with Gasteiger partial charge in [-0.25, -0.2) is 0 Å². The number of hydrogen-bond donors (Lipinski definition) is 2. The van der Waals surface area contributed by atoms with Crippen LogP contribution in [0.2, 0.25) is 0 Å². The maximum absolute atomic E-state index is 13.3. The number of nitrogens with one attached hydrogen (secondary N) is 1. The van der Waals surface area contributed by atoms with E-state index in [0.717, 1.165) is 52.8 Å². The van der Waals surface area contributed by atoms with Gasteiger partial charge in [0, 0.05) is 59.4 Å². The van der Waals surface area contributed by atoms with Gasteiger partial charge >= 0.3 is 0 Å². The zero-order valence-corrected chi connectivity index (χ0v) is 23.8. The van der Waals surface area contributed by atoms with Crippen LogP contribution < -0.4 is 10.2 Å². The molecule has 5 rings (SSSR count). The summed E-state index contributed by atoms with van der Waals surface area (Å²) in [6.45, 7) is 9.73. The minimum atomic E-state index is -0.347. The maximum atomic E-state index is 13.3. The smallest absolute Gasteiger partial charge is 0.251 e. The first kappa shape index (κ1) is 27.7. The predicted octanol–water partition coefficient (Wildman–Crippen LogP) is 7.16. The summed E-state index contributed by atoms with van der Waals surface area (Å²) >= 11 is 0. The van der Waals surface area contributed by atoms with E-state index >= 15 is 0 Å². The zero-order valence-electron chi connectivity index (χ0n) is 23.8. The van der Waals surface area contributed by atoms with Crippen molar-refractivity contribution in [2.45, 2.75) is 65.5 Å². The van der Waals surface area contributed by atoms with Crippen LogP contribution in [0.15, 0.2) is 65.1 Å². The Hall–Kier alpha value is -3.90. The van der Waals surface area contributed by atoms with Crippen molar-refractivity contribution in [3.63, 3.8) is 0 Å². The quantitative estimate of drug-likeness (QED) is 0.221. The van der Waals surface area contributed by atoms with Crippen LogP contribution in [0.25, 0.3) is 33.4 Å². The molecule has 1 aromatic heterocycles. The van der Waals surface area contributed by atoms with Crippen molar-refractivity contribution in [2.24, 2.45) is 0 Å². The molecule has 1 fully saturated rings. The van der Waals surface area contributed by atoms with Gasteiger partial charge in [-0.3, -0.25) is 9.59 Å². The van der Waals surface area contributed by atoms with Crippen LogP contribution in [-0.4, -0.2) is 42.0 Å². The fourth-order valence-electron chi connectivity index (χ4n) is 5.74. The molecule has 0 spiro atoms. The number of nitrogens with zero attached hydrogens (tertiary/aromatic N) is 1. The molecule has 0 bridgehead atoms. The number of benzene rings is 3. The lowest BCUT2D eigenvalue weighted by atomic mass is 9.95. The number of furan rings is 1. The molecule has 2 unspecified atom stereocenters. The molecule has 2 atom stereocenters. The monoisotopic (exact) mass is 538 g/mol. The molecule has 0 radical (unpaired) electrons. The van der Waals surface area contributed by atoms with Gasteiger partial charge in [-0.05, 0) is 63.8 Å². The van der Waals surface area contributed by atoms with Gasteiger partial charge in [-0.1, -0.05) is 48.9 Å². The molecular formula is C34H38N2O4. The Kier molecular flexibility index (Phi) is 8.08. The molecule has 1 aliphatic rings. The number of carbonyl (C=O) groups excluding carboxylic acids is 2. The van der Waals surface area contributed by atoms with Gasteiger partial charge in [-0.15, -0.1) is 0 Å². The first-order valence-corrected chi connectivity index (χ1v) is 14.4. The van der Waals surface area contributed by atoms with Gasteiger partial charge in [0.2, 0.25) is 0 Å². The van der Waals surface area contributed by atoms with E-state index in [2.05, 4.69) is 30.1 Å². The van der Waals surface area contributed by atoms with Gasteiger partial charge in [0.1, 0.15) is 11.3 Å². The summed E-state index contributed by atoms with van der Waals surface area (Å²) in [5.41, 5.74) is 6.70. The fraction of sp³-hybridized carbons (Fsp3) is 0.353. The predicted molar refractivity (Wildman–Crippen MR) is 161 cm³/mol. The van der Waals surface area contributed by atoms with Crippen LogP contribution in [0, 0.1) is 6.92 Å². The van der Waals surface area contributed by atoms with E-state index in [1.54, 1.807) is 0 Å².